The third kappa shape index (κ3) is 3.06. The molecule has 0 spiro atoms. The van der Waals surface area contributed by atoms with Crippen LogP contribution in [-0.4, -0.2) is 21.2 Å². The maximum atomic E-state index is 13.1. The first-order valence-corrected chi connectivity index (χ1v) is 5.92. The molecule has 0 aliphatic rings. The molecule has 8 heteroatoms. The van der Waals surface area contributed by atoms with Crippen LogP contribution >= 0.6 is 0 Å². The van der Waals surface area contributed by atoms with Crippen LogP contribution in [0.1, 0.15) is 25.2 Å². The first-order chi connectivity index (χ1) is 9.27. The highest BCUT2D eigenvalue weighted by molar-refractivity contribution is 5.61. The fraction of sp³-hybridized carbons (Fsp3) is 0.417. The molecule has 1 N–H and O–H groups in total. The molecule has 2 aromatic rings. The van der Waals surface area contributed by atoms with Crippen LogP contribution in [0.15, 0.2) is 16.8 Å². The lowest BCUT2D eigenvalue weighted by atomic mass is 10.1. The topological polar surface area (TPSA) is 63.8 Å². The number of nitrogens with one attached hydrogen (secondary N) is 1. The number of hydrogen-bond donors (Lipinski definition) is 1. The maximum absolute atomic E-state index is 13.1. The summed E-state index contributed by atoms with van der Waals surface area (Å²) >= 11 is 0. The van der Waals surface area contributed by atoms with Crippen molar-refractivity contribution in [2.75, 3.05) is 5.32 Å². The molecular formula is C12H13F3N4O. The summed E-state index contributed by atoms with van der Waals surface area (Å²) in [6.07, 6.45) is -3.52. The number of aromatic nitrogens is 3. The Balaban J connectivity index is 2.51. The van der Waals surface area contributed by atoms with Crippen molar-refractivity contribution in [3.05, 3.63) is 23.7 Å². The van der Waals surface area contributed by atoms with E-state index in [9.17, 15) is 13.2 Å². The van der Waals surface area contributed by atoms with E-state index in [1.54, 1.807) is 20.8 Å². The fourth-order valence-electron chi connectivity index (χ4n) is 1.60. The first kappa shape index (κ1) is 14.3. The SMILES string of the molecule is Cc1cc(-c2cnc(NC(C)C)nc2C(F)(F)F)on1. The first-order valence-electron chi connectivity index (χ1n) is 5.92. The monoisotopic (exact) mass is 286 g/mol. The van der Waals surface area contributed by atoms with Crippen LogP contribution in [0.4, 0.5) is 19.1 Å². The standard InChI is InChI=1S/C12H13F3N4O/c1-6(2)17-11-16-5-8(9-4-7(3)19-20-9)10(18-11)12(13,14)15/h4-6H,1-3H3,(H,16,17,18). The molecule has 0 aromatic carbocycles. The Labute approximate surface area is 113 Å². The van der Waals surface area contributed by atoms with Crippen molar-refractivity contribution in [1.82, 2.24) is 15.1 Å². The smallest absolute Gasteiger partial charge is 0.356 e. The van der Waals surface area contributed by atoms with E-state index in [2.05, 4.69) is 20.4 Å². The molecule has 2 aromatic heterocycles. The Kier molecular flexibility index (Phi) is 3.65. The lowest BCUT2D eigenvalue weighted by Gasteiger charge is -2.13. The van der Waals surface area contributed by atoms with Crippen molar-refractivity contribution in [2.24, 2.45) is 0 Å². The van der Waals surface area contributed by atoms with Gasteiger partial charge in [0.1, 0.15) is 0 Å². The largest absolute Gasteiger partial charge is 0.434 e. The maximum Gasteiger partial charge on any atom is 0.434 e. The van der Waals surface area contributed by atoms with Gasteiger partial charge in [0.25, 0.3) is 0 Å². The minimum absolute atomic E-state index is 0.00841. The molecular weight excluding hydrogens is 273 g/mol. The number of aryl methyl sites for hydroxylation is 1. The lowest BCUT2D eigenvalue weighted by molar-refractivity contribution is -0.140. The van der Waals surface area contributed by atoms with E-state index in [1.165, 1.54) is 6.07 Å². The molecule has 2 rings (SSSR count). The summed E-state index contributed by atoms with van der Waals surface area (Å²) < 4.78 is 44.1. The predicted molar refractivity (Wildman–Crippen MR) is 66.0 cm³/mol. The summed E-state index contributed by atoms with van der Waals surface area (Å²) in [5, 5.41) is 6.31. The molecule has 0 saturated carbocycles. The number of hydrogen-bond acceptors (Lipinski definition) is 5. The van der Waals surface area contributed by atoms with Crippen molar-refractivity contribution in [3.63, 3.8) is 0 Å². The molecule has 20 heavy (non-hydrogen) atoms. The van der Waals surface area contributed by atoms with Crippen LogP contribution in [-0.2, 0) is 6.18 Å². The van der Waals surface area contributed by atoms with Gasteiger partial charge < -0.3 is 9.84 Å². The van der Waals surface area contributed by atoms with Gasteiger partial charge in [0.05, 0.1) is 11.3 Å². The summed E-state index contributed by atoms with van der Waals surface area (Å²) in [6, 6.07) is 1.33. The second-order valence-corrected chi connectivity index (χ2v) is 4.59. The molecule has 0 atom stereocenters. The summed E-state index contributed by atoms with van der Waals surface area (Å²) in [6.45, 7) is 5.19. The zero-order chi connectivity index (χ0) is 14.9. The van der Waals surface area contributed by atoms with Crippen LogP contribution in [0.2, 0.25) is 0 Å². The number of anilines is 1. The molecule has 108 valence electrons. The van der Waals surface area contributed by atoms with Gasteiger partial charge in [0.15, 0.2) is 11.5 Å². The highest BCUT2D eigenvalue weighted by Gasteiger charge is 2.37. The van der Waals surface area contributed by atoms with Gasteiger partial charge in [-0.2, -0.15) is 13.2 Å². The summed E-state index contributed by atoms with van der Waals surface area (Å²) in [5.74, 6) is -0.0850. The summed E-state index contributed by atoms with van der Waals surface area (Å²) in [4.78, 5) is 7.40. The quantitative estimate of drug-likeness (QED) is 0.938. The second kappa shape index (κ2) is 5.10. The Morgan fingerprint density at radius 3 is 2.50 bits per heavy atom. The molecule has 0 radical (unpaired) electrons. The van der Waals surface area contributed by atoms with Crippen molar-refractivity contribution in [3.8, 4) is 11.3 Å². The highest BCUT2D eigenvalue weighted by atomic mass is 19.4. The van der Waals surface area contributed by atoms with Crippen molar-refractivity contribution in [2.45, 2.75) is 33.0 Å². The normalized spacial score (nSPS) is 11.9. The number of nitrogens with zero attached hydrogens (tertiary/aromatic N) is 3. The zero-order valence-corrected chi connectivity index (χ0v) is 11.1. The zero-order valence-electron chi connectivity index (χ0n) is 11.1. The third-order valence-electron chi connectivity index (χ3n) is 2.37. The Morgan fingerprint density at radius 1 is 1.30 bits per heavy atom. The van der Waals surface area contributed by atoms with Gasteiger partial charge in [0.2, 0.25) is 5.95 Å². The average Bonchev–Trinajstić information content (AvgIpc) is 2.74. The van der Waals surface area contributed by atoms with Crippen molar-refractivity contribution < 1.29 is 17.7 Å². The van der Waals surface area contributed by atoms with E-state index in [0.29, 0.717) is 5.69 Å². The minimum Gasteiger partial charge on any atom is -0.356 e. The van der Waals surface area contributed by atoms with E-state index in [0.717, 1.165) is 6.20 Å². The fourth-order valence-corrected chi connectivity index (χ4v) is 1.60. The van der Waals surface area contributed by atoms with Gasteiger partial charge in [-0.25, -0.2) is 9.97 Å². The van der Waals surface area contributed by atoms with E-state index < -0.39 is 11.9 Å². The molecule has 0 unspecified atom stereocenters. The third-order valence-corrected chi connectivity index (χ3v) is 2.37. The lowest BCUT2D eigenvalue weighted by Crippen LogP contribution is -2.17. The molecule has 0 amide bonds. The Hall–Kier alpha value is -2.12. The Morgan fingerprint density at radius 2 is 2.00 bits per heavy atom. The average molecular weight is 286 g/mol. The van der Waals surface area contributed by atoms with E-state index in [1.807, 2.05) is 0 Å². The second-order valence-electron chi connectivity index (χ2n) is 4.59. The molecule has 0 bridgehead atoms. The van der Waals surface area contributed by atoms with Crippen molar-refractivity contribution >= 4 is 5.95 Å². The predicted octanol–water partition coefficient (Wildman–Crippen LogP) is 3.28. The van der Waals surface area contributed by atoms with Gasteiger partial charge in [-0.15, -0.1) is 0 Å². The van der Waals surface area contributed by atoms with Crippen LogP contribution < -0.4 is 5.32 Å². The van der Waals surface area contributed by atoms with Gasteiger partial charge in [0, 0.05) is 18.3 Å². The van der Waals surface area contributed by atoms with Gasteiger partial charge >= 0.3 is 6.18 Å². The van der Waals surface area contributed by atoms with Gasteiger partial charge in [-0.05, 0) is 20.8 Å². The van der Waals surface area contributed by atoms with Gasteiger partial charge in [-0.3, -0.25) is 0 Å². The molecule has 2 heterocycles. The van der Waals surface area contributed by atoms with Gasteiger partial charge in [-0.1, -0.05) is 5.16 Å². The van der Waals surface area contributed by atoms with Crippen LogP contribution in [0, 0.1) is 6.92 Å². The highest BCUT2D eigenvalue weighted by Crippen LogP contribution is 2.36. The molecule has 0 aliphatic carbocycles. The van der Waals surface area contributed by atoms with Crippen LogP contribution in [0.3, 0.4) is 0 Å². The molecule has 5 nitrogen and oxygen atoms in total. The molecule has 0 aliphatic heterocycles. The number of halogens is 3. The van der Waals surface area contributed by atoms with E-state index in [4.69, 9.17) is 4.52 Å². The number of rotatable bonds is 3. The Bertz CT molecular complexity index is 607. The summed E-state index contributed by atoms with van der Waals surface area (Å²) in [5.41, 5.74) is -0.795. The van der Waals surface area contributed by atoms with E-state index in [-0.39, 0.29) is 23.3 Å². The minimum atomic E-state index is -4.60. The van der Waals surface area contributed by atoms with Crippen molar-refractivity contribution in [1.29, 1.82) is 0 Å². The van der Waals surface area contributed by atoms with Crippen LogP contribution in [0.5, 0.6) is 0 Å². The van der Waals surface area contributed by atoms with E-state index >= 15 is 0 Å². The molecule has 0 fully saturated rings. The summed E-state index contributed by atoms with van der Waals surface area (Å²) in [7, 11) is 0. The number of alkyl halides is 3. The van der Waals surface area contributed by atoms with Crippen LogP contribution in [0.25, 0.3) is 11.3 Å². The molecule has 0 saturated heterocycles.